The van der Waals surface area contributed by atoms with Crippen molar-refractivity contribution in [2.45, 2.75) is 51.7 Å². The lowest BCUT2D eigenvalue weighted by Crippen LogP contribution is -2.48. The number of amides is 1. The summed E-state index contributed by atoms with van der Waals surface area (Å²) in [6, 6.07) is -0.0102. The first-order valence-electron chi connectivity index (χ1n) is 6.49. The maximum atomic E-state index is 12.5. The average molecular weight is 267 g/mol. The molecule has 18 heavy (non-hydrogen) atoms. The highest BCUT2D eigenvalue weighted by molar-refractivity contribution is 7.09. The van der Waals surface area contributed by atoms with E-state index >= 15 is 0 Å². The summed E-state index contributed by atoms with van der Waals surface area (Å²) < 4.78 is 0. The zero-order valence-corrected chi connectivity index (χ0v) is 12.0. The molecule has 0 aliphatic heterocycles. The predicted octanol–water partition coefficient (Wildman–Crippen LogP) is 2.18. The van der Waals surface area contributed by atoms with Gasteiger partial charge in [-0.1, -0.05) is 13.8 Å². The fourth-order valence-corrected chi connectivity index (χ4v) is 2.75. The Kier molecular flexibility index (Phi) is 4.02. The predicted molar refractivity (Wildman–Crippen MR) is 73.2 cm³/mol. The molecule has 1 saturated carbocycles. The van der Waals surface area contributed by atoms with E-state index in [2.05, 4.69) is 4.98 Å². The standard InChI is InChI=1S/C13H21N3OS/c1-8(2)11(14)13(17)16(10-4-5-10)9(3)12-15-6-7-18-12/h6-11H,4-5,14H2,1-3H3. The van der Waals surface area contributed by atoms with Crippen LogP contribution in [-0.2, 0) is 4.79 Å². The summed E-state index contributed by atoms with van der Waals surface area (Å²) in [5, 5.41) is 2.94. The Morgan fingerprint density at radius 2 is 2.17 bits per heavy atom. The molecule has 5 heteroatoms. The molecule has 0 saturated heterocycles. The summed E-state index contributed by atoms with van der Waals surface area (Å²) in [4.78, 5) is 18.7. The van der Waals surface area contributed by atoms with Gasteiger partial charge in [0.05, 0.1) is 12.1 Å². The van der Waals surface area contributed by atoms with Gasteiger partial charge in [0.2, 0.25) is 5.91 Å². The van der Waals surface area contributed by atoms with Crippen LogP contribution in [0, 0.1) is 5.92 Å². The van der Waals surface area contributed by atoms with Gasteiger partial charge in [0.25, 0.3) is 0 Å². The maximum Gasteiger partial charge on any atom is 0.240 e. The number of thiazole rings is 1. The van der Waals surface area contributed by atoms with E-state index in [1.54, 1.807) is 17.5 Å². The van der Waals surface area contributed by atoms with Crippen molar-refractivity contribution in [1.82, 2.24) is 9.88 Å². The summed E-state index contributed by atoms with van der Waals surface area (Å²) in [6.07, 6.45) is 3.97. The fourth-order valence-electron chi connectivity index (χ4n) is 2.06. The van der Waals surface area contributed by atoms with Crippen LogP contribution < -0.4 is 5.73 Å². The number of carbonyl (C=O) groups excluding carboxylic acids is 1. The van der Waals surface area contributed by atoms with Gasteiger partial charge in [-0.05, 0) is 25.7 Å². The molecule has 0 spiro atoms. The van der Waals surface area contributed by atoms with Gasteiger partial charge in [0.1, 0.15) is 5.01 Å². The molecule has 0 aromatic carbocycles. The number of rotatable bonds is 5. The van der Waals surface area contributed by atoms with Gasteiger partial charge < -0.3 is 10.6 Å². The fraction of sp³-hybridized carbons (Fsp3) is 0.692. The number of hydrogen-bond acceptors (Lipinski definition) is 4. The van der Waals surface area contributed by atoms with Gasteiger partial charge in [-0.15, -0.1) is 11.3 Å². The number of carbonyl (C=O) groups is 1. The average Bonchev–Trinajstić information content (AvgIpc) is 3.01. The molecule has 2 unspecified atom stereocenters. The Morgan fingerprint density at radius 1 is 1.50 bits per heavy atom. The number of nitrogens with zero attached hydrogens (tertiary/aromatic N) is 2. The molecule has 1 heterocycles. The van der Waals surface area contributed by atoms with Crippen molar-refractivity contribution >= 4 is 17.2 Å². The second kappa shape index (κ2) is 5.36. The highest BCUT2D eigenvalue weighted by Crippen LogP contribution is 2.35. The summed E-state index contributed by atoms with van der Waals surface area (Å²) in [6.45, 7) is 6.02. The molecule has 2 N–H and O–H groups in total. The minimum absolute atomic E-state index is 0.0369. The summed E-state index contributed by atoms with van der Waals surface area (Å²) >= 11 is 1.60. The van der Waals surface area contributed by atoms with Gasteiger partial charge in [-0.3, -0.25) is 4.79 Å². The Morgan fingerprint density at radius 3 is 2.61 bits per heavy atom. The SMILES string of the molecule is CC(C)C(N)C(=O)N(C1CC1)C(C)c1nccs1. The Hall–Kier alpha value is -0.940. The second-order valence-corrected chi connectivity index (χ2v) is 6.22. The van der Waals surface area contributed by atoms with Crippen LogP contribution in [0.15, 0.2) is 11.6 Å². The third-order valence-electron chi connectivity index (χ3n) is 3.42. The number of aromatic nitrogens is 1. The molecule has 1 aromatic heterocycles. The van der Waals surface area contributed by atoms with Crippen LogP contribution in [-0.4, -0.2) is 27.9 Å². The molecule has 1 fully saturated rings. The Balaban J connectivity index is 2.16. The zero-order valence-electron chi connectivity index (χ0n) is 11.2. The van der Waals surface area contributed by atoms with Crippen LogP contribution in [0.2, 0.25) is 0 Å². The van der Waals surface area contributed by atoms with Crippen molar-refractivity contribution < 1.29 is 4.79 Å². The van der Waals surface area contributed by atoms with Crippen LogP contribution in [0.1, 0.15) is 44.7 Å². The van der Waals surface area contributed by atoms with E-state index < -0.39 is 6.04 Å². The largest absolute Gasteiger partial charge is 0.329 e. The summed E-state index contributed by atoms with van der Waals surface area (Å²) in [5.41, 5.74) is 6.01. The van der Waals surface area contributed by atoms with Crippen molar-refractivity contribution in [3.8, 4) is 0 Å². The topological polar surface area (TPSA) is 59.2 Å². The van der Waals surface area contributed by atoms with Crippen LogP contribution in [0.5, 0.6) is 0 Å². The molecule has 1 amide bonds. The normalized spacial score (nSPS) is 18.7. The molecule has 0 bridgehead atoms. The van der Waals surface area contributed by atoms with Crippen LogP contribution in [0.3, 0.4) is 0 Å². The lowest BCUT2D eigenvalue weighted by molar-refractivity contribution is -0.136. The van der Waals surface area contributed by atoms with Gasteiger partial charge in [0, 0.05) is 17.6 Å². The monoisotopic (exact) mass is 267 g/mol. The minimum atomic E-state index is -0.409. The molecule has 0 radical (unpaired) electrons. The van der Waals surface area contributed by atoms with Gasteiger partial charge in [-0.25, -0.2) is 4.98 Å². The molecule has 2 atom stereocenters. The summed E-state index contributed by atoms with van der Waals surface area (Å²) in [5.74, 6) is 0.234. The number of nitrogens with two attached hydrogens (primary N) is 1. The summed E-state index contributed by atoms with van der Waals surface area (Å²) in [7, 11) is 0. The minimum Gasteiger partial charge on any atom is -0.329 e. The lowest BCUT2D eigenvalue weighted by Gasteiger charge is -2.31. The van der Waals surface area contributed by atoms with Crippen molar-refractivity contribution in [1.29, 1.82) is 0 Å². The van der Waals surface area contributed by atoms with Gasteiger partial charge in [0.15, 0.2) is 0 Å². The molecular formula is C13H21N3OS. The lowest BCUT2D eigenvalue weighted by atomic mass is 10.0. The van der Waals surface area contributed by atoms with Crippen LogP contribution in [0.25, 0.3) is 0 Å². The molecule has 100 valence electrons. The van der Waals surface area contributed by atoms with E-state index in [1.807, 2.05) is 31.1 Å². The van der Waals surface area contributed by atoms with Crippen LogP contribution in [0.4, 0.5) is 0 Å². The van der Waals surface area contributed by atoms with Crippen molar-refractivity contribution in [3.05, 3.63) is 16.6 Å². The van der Waals surface area contributed by atoms with E-state index in [0.717, 1.165) is 17.8 Å². The molecular weight excluding hydrogens is 246 g/mol. The third-order valence-corrected chi connectivity index (χ3v) is 4.37. The molecule has 1 aliphatic rings. The van der Waals surface area contributed by atoms with E-state index in [1.165, 1.54) is 0 Å². The molecule has 1 aliphatic carbocycles. The molecule has 2 rings (SSSR count). The first-order valence-corrected chi connectivity index (χ1v) is 7.37. The first-order chi connectivity index (χ1) is 8.52. The van der Waals surface area contributed by atoms with E-state index in [0.29, 0.717) is 6.04 Å². The molecule has 1 aromatic rings. The van der Waals surface area contributed by atoms with E-state index in [4.69, 9.17) is 5.73 Å². The Labute approximate surface area is 112 Å². The van der Waals surface area contributed by atoms with Crippen molar-refractivity contribution in [2.24, 2.45) is 11.7 Å². The highest BCUT2D eigenvalue weighted by atomic mass is 32.1. The number of hydrogen-bond donors (Lipinski definition) is 1. The zero-order chi connectivity index (χ0) is 13.3. The second-order valence-electron chi connectivity index (χ2n) is 5.29. The quantitative estimate of drug-likeness (QED) is 0.889. The highest BCUT2D eigenvalue weighted by Gasteiger charge is 2.39. The van der Waals surface area contributed by atoms with E-state index in [9.17, 15) is 4.79 Å². The van der Waals surface area contributed by atoms with Crippen molar-refractivity contribution in [3.63, 3.8) is 0 Å². The van der Waals surface area contributed by atoms with Gasteiger partial charge >= 0.3 is 0 Å². The smallest absolute Gasteiger partial charge is 0.240 e. The third kappa shape index (κ3) is 2.72. The van der Waals surface area contributed by atoms with Crippen LogP contribution >= 0.6 is 11.3 Å². The van der Waals surface area contributed by atoms with Gasteiger partial charge in [-0.2, -0.15) is 0 Å². The van der Waals surface area contributed by atoms with Crippen molar-refractivity contribution in [2.75, 3.05) is 0 Å². The first kappa shape index (κ1) is 13.5. The maximum absolute atomic E-state index is 12.5. The Bertz CT molecular complexity index is 400. The molecule has 4 nitrogen and oxygen atoms in total. The van der Waals surface area contributed by atoms with E-state index in [-0.39, 0.29) is 17.9 Å².